The van der Waals surface area contributed by atoms with E-state index in [4.69, 9.17) is 17.3 Å². The molecule has 20 heavy (non-hydrogen) atoms. The molecule has 0 fully saturated rings. The van der Waals surface area contributed by atoms with Crippen LogP contribution in [0.5, 0.6) is 0 Å². The van der Waals surface area contributed by atoms with Crippen molar-refractivity contribution in [3.05, 3.63) is 29.8 Å². The predicted octanol–water partition coefficient (Wildman–Crippen LogP) is 3.30. The van der Waals surface area contributed by atoms with Crippen LogP contribution in [-0.4, -0.2) is 34.2 Å². The summed E-state index contributed by atoms with van der Waals surface area (Å²) in [6.45, 7) is 7.33. The van der Waals surface area contributed by atoms with Crippen LogP contribution in [0.2, 0.25) is 0 Å². The minimum Gasteiger partial charge on any atom is -0.481 e. The van der Waals surface area contributed by atoms with Gasteiger partial charge in [0.25, 0.3) is 0 Å². The molecule has 1 aromatic carbocycles. The Morgan fingerprint density at radius 2 is 2.05 bits per heavy atom. The molecule has 0 amide bonds. The first-order chi connectivity index (χ1) is 9.45. The number of nitrogens with one attached hydrogen (secondary N) is 1. The van der Waals surface area contributed by atoms with Crippen molar-refractivity contribution < 1.29 is 9.90 Å². The molecule has 0 unspecified atom stereocenters. The molecule has 0 aliphatic rings. The van der Waals surface area contributed by atoms with E-state index in [1.54, 1.807) is 0 Å². The van der Waals surface area contributed by atoms with Crippen LogP contribution in [0.25, 0.3) is 0 Å². The SMILES string of the molecule is CCN(CCC(=O)O)C(=S)Nc1ccccc1C(C)C. The maximum atomic E-state index is 10.7. The molecule has 0 saturated carbocycles. The molecule has 0 aromatic heterocycles. The first-order valence-electron chi connectivity index (χ1n) is 6.82. The maximum absolute atomic E-state index is 10.7. The number of benzene rings is 1. The minimum atomic E-state index is -0.811. The van der Waals surface area contributed by atoms with Gasteiger partial charge in [-0.05, 0) is 36.7 Å². The lowest BCUT2D eigenvalue weighted by atomic mass is 10.0. The molecule has 0 aliphatic heterocycles. The van der Waals surface area contributed by atoms with Crippen LogP contribution >= 0.6 is 12.2 Å². The number of thiocarbonyl (C=S) groups is 1. The van der Waals surface area contributed by atoms with E-state index in [-0.39, 0.29) is 6.42 Å². The molecular weight excluding hydrogens is 272 g/mol. The van der Waals surface area contributed by atoms with Crippen molar-refractivity contribution in [3.8, 4) is 0 Å². The van der Waals surface area contributed by atoms with Gasteiger partial charge in [0, 0.05) is 18.8 Å². The van der Waals surface area contributed by atoms with Crippen molar-refractivity contribution in [1.82, 2.24) is 4.90 Å². The van der Waals surface area contributed by atoms with Gasteiger partial charge in [0.05, 0.1) is 6.42 Å². The summed E-state index contributed by atoms with van der Waals surface area (Å²) in [4.78, 5) is 12.5. The third kappa shape index (κ3) is 4.81. The van der Waals surface area contributed by atoms with Crippen LogP contribution in [0.3, 0.4) is 0 Å². The van der Waals surface area contributed by atoms with Gasteiger partial charge in [-0.3, -0.25) is 4.79 Å². The normalized spacial score (nSPS) is 10.4. The molecule has 0 spiro atoms. The fourth-order valence-corrected chi connectivity index (χ4v) is 2.27. The Morgan fingerprint density at radius 1 is 1.40 bits per heavy atom. The third-order valence-electron chi connectivity index (χ3n) is 3.09. The smallest absolute Gasteiger partial charge is 0.305 e. The second-order valence-electron chi connectivity index (χ2n) is 4.90. The summed E-state index contributed by atoms with van der Waals surface area (Å²) in [5, 5.41) is 12.6. The number of hydrogen-bond donors (Lipinski definition) is 2. The van der Waals surface area contributed by atoms with Gasteiger partial charge in [0.2, 0.25) is 0 Å². The fourth-order valence-electron chi connectivity index (χ4n) is 1.94. The molecule has 0 heterocycles. The number of aliphatic carboxylic acids is 1. The van der Waals surface area contributed by atoms with E-state index in [0.29, 0.717) is 24.1 Å². The van der Waals surface area contributed by atoms with E-state index >= 15 is 0 Å². The number of anilines is 1. The van der Waals surface area contributed by atoms with E-state index < -0.39 is 5.97 Å². The molecule has 1 rings (SSSR count). The molecule has 4 nitrogen and oxygen atoms in total. The first kappa shape index (κ1) is 16.4. The average Bonchev–Trinajstić information content (AvgIpc) is 2.39. The summed E-state index contributed by atoms with van der Waals surface area (Å²) in [6, 6.07) is 8.03. The number of carbonyl (C=O) groups is 1. The standard InChI is InChI=1S/C15H22N2O2S/c1-4-17(10-9-14(18)19)15(20)16-13-8-6-5-7-12(13)11(2)3/h5-8,11H,4,9-10H2,1-3H3,(H,16,20)(H,18,19). The van der Waals surface area contributed by atoms with Crippen molar-refractivity contribution in [1.29, 1.82) is 0 Å². The van der Waals surface area contributed by atoms with Gasteiger partial charge >= 0.3 is 5.97 Å². The highest BCUT2D eigenvalue weighted by molar-refractivity contribution is 7.80. The molecule has 1 aromatic rings. The summed E-state index contributed by atoms with van der Waals surface area (Å²) in [5.41, 5.74) is 2.19. The molecule has 110 valence electrons. The summed E-state index contributed by atoms with van der Waals surface area (Å²) in [7, 11) is 0. The Hall–Kier alpha value is -1.62. The Kier molecular flexibility index (Phi) is 6.45. The van der Waals surface area contributed by atoms with Crippen molar-refractivity contribution in [2.24, 2.45) is 0 Å². The van der Waals surface area contributed by atoms with E-state index in [0.717, 1.165) is 5.69 Å². The third-order valence-corrected chi connectivity index (χ3v) is 3.45. The number of para-hydroxylation sites is 1. The highest BCUT2D eigenvalue weighted by atomic mass is 32.1. The van der Waals surface area contributed by atoms with E-state index in [1.165, 1.54) is 5.56 Å². The van der Waals surface area contributed by atoms with Crippen molar-refractivity contribution >= 4 is 29.0 Å². The Balaban J connectivity index is 2.76. The number of carboxylic acid groups (broad SMARTS) is 1. The van der Waals surface area contributed by atoms with Gasteiger partial charge in [-0.2, -0.15) is 0 Å². The zero-order valence-corrected chi connectivity index (χ0v) is 13.0. The number of carboxylic acids is 1. The summed E-state index contributed by atoms with van der Waals surface area (Å²) < 4.78 is 0. The molecule has 5 heteroatoms. The van der Waals surface area contributed by atoms with Gasteiger partial charge in [0.15, 0.2) is 5.11 Å². The van der Waals surface area contributed by atoms with Crippen LogP contribution in [0.15, 0.2) is 24.3 Å². The van der Waals surface area contributed by atoms with Gasteiger partial charge in [-0.25, -0.2) is 0 Å². The summed E-state index contributed by atoms with van der Waals surface area (Å²) in [6.07, 6.45) is 0.0848. The van der Waals surface area contributed by atoms with Crippen LogP contribution in [0.4, 0.5) is 5.69 Å². The lowest BCUT2D eigenvalue weighted by Crippen LogP contribution is -2.36. The molecule has 0 radical (unpaired) electrons. The second-order valence-corrected chi connectivity index (χ2v) is 5.28. The highest BCUT2D eigenvalue weighted by Crippen LogP contribution is 2.23. The largest absolute Gasteiger partial charge is 0.481 e. The topological polar surface area (TPSA) is 52.6 Å². The Bertz CT molecular complexity index is 475. The highest BCUT2D eigenvalue weighted by Gasteiger charge is 2.12. The lowest BCUT2D eigenvalue weighted by Gasteiger charge is -2.25. The zero-order chi connectivity index (χ0) is 15.1. The molecule has 0 aliphatic carbocycles. The lowest BCUT2D eigenvalue weighted by molar-refractivity contribution is -0.137. The Morgan fingerprint density at radius 3 is 2.60 bits per heavy atom. The van der Waals surface area contributed by atoms with Crippen molar-refractivity contribution in [2.75, 3.05) is 18.4 Å². The second kappa shape index (κ2) is 7.85. The molecule has 0 saturated heterocycles. The average molecular weight is 294 g/mol. The van der Waals surface area contributed by atoms with Crippen LogP contribution in [-0.2, 0) is 4.79 Å². The van der Waals surface area contributed by atoms with Crippen molar-refractivity contribution in [2.45, 2.75) is 33.1 Å². The quantitative estimate of drug-likeness (QED) is 0.788. The maximum Gasteiger partial charge on any atom is 0.305 e. The van der Waals surface area contributed by atoms with Gasteiger partial charge < -0.3 is 15.3 Å². The number of nitrogens with zero attached hydrogens (tertiary/aromatic N) is 1. The van der Waals surface area contributed by atoms with Crippen molar-refractivity contribution in [3.63, 3.8) is 0 Å². The monoisotopic (exact) mass is 294 g/mol. The number of rotatable bonds is 6. The zero-order valence-electron chi connectivity index (χ0n) is 12.2. The van der Waals surface area contributed by atoms with Crippen LogP contribution in [0, 0.1) is 0 Å². The number of hydrogen-bond acceptors (Lipinski definition) is 2. The predicted molar refractivity (Wildman–Crippen MR) is 86.3 cm³/mol. The van der Waals surface area contributed by atoms with Gasteiger partial charge in [-0.15, -0.1) is 0 Å². The van der Waals surface area contributed by atoms with E-state index in [1.807, 2.05) is 30.0 Å². The minimum absolute atomic E-state index is 0.0848. The molecular formula is C15H22N2O2S. The molecule has 0 bridgehead atoms. The summed E-state index contributed by atoms with van der Waals surface area (Å²) >= 11 is 5.38. The molecule has 2 N–H and O–H groups in total. The van der Waals surface area contributed by atoms with E-state index in [2.05, 4.69) is 25.2 Å². The Labute approximate surface area is 125 Å². The van der Waals surface area contributed by atoms with Gasteiger partial charge in [-0.1, -0.05) is 32.0 Å². The summed E-state index contributed by atoms with van der Waals surface area (Å²) in [5.74, 6) is -0.413. The van der Waals surface area contributed by atoms with E-state index in [9.17, 15) is 4.79 Å². The van der Waals surface area contributed by atoms with Gasteiger partial charge in [0.1, 0.15) is 0 Å². The van der Waals surface area contributed by atoms with Crippen LogP contribution < -0.4 is 5.32 Å². The van der Waals surface area contributed by atoms with Crippen LogP contribution in [0.1, 0.15) is 38.7 Å². The fraction of sp³-hybridized carbons (Fsp3) is 0.467. The first-order valence-corrected chi connectivity index (χ1v) is 7.23. The molecule has 0 atom stereocenters.